The van der Waals surface area contributed by atoms with Crippen LogP contribution >= 0.6 is 11.3 Å². The lowest BCUT2D eigenvalue weighted by Gasteiger charge is -2.13. The highest BCUT2D eigenvalue weighted by molar-refractivity contribution is 7.13. The molecule has 1 heterocycles. The fourth-order valence-corrected chi connectivity index (χ4v) is 1.85. The third-order valence-corrected chi connectivity index (χ3v) is 2.86. The molecule has 0 saturated heterocycles. The topological polar surface area (TPSA) is 68.0 Å². The molecule has 0 spiro atoms. The van der Waals surface area contributed by atoms with E-state index in [0.717, 1.165) is 6.42 Å². The summed E-state index contributed by atoms with van der Waals surface area (Å²) in [5, 5.41) is 5.14. The molecule has 1 aromatic heterocycles. The van der Waals surface area contributed by atoms with E-state index in [0.29, 0.717) is 17.2 Å². The maximum Gasteiger partial charge on any atom is 0.226 e. The van der Waals surface area contributed by atoms with Crippen LogP contribution in [-0.4, -0.2) is 16.9 Å². The van der Waals surface area contributed by atoms with Crippen molar-refractivity contribution in [3.8, 4) is 12.3 Å². The largest absolute Gasteiger partial charge is 0.375 e. The third-order valence-electron chi connectivity index (χ3n) is 2.13. The maximum absolute atomic E-state index is 11.6. The number of carbonyl (C=O) groups is 1. The molecule has 0 radical (unpaired) electrons. The number of anilines is 1. The molecular formula is C11H15N3OS. The van der Waals surface area contributed by atoms with Gasteiger partial charge in [-0.2, -0.15) is 0 Å². The first-order valence-corrected chi connectivity index (χ1v) is 5.96. The molecule has 86 valence electrons. The van der Waals surface area contributed by atoms with Crippen molar-refractivity contribution >= 4 is 22.4 Å². The molecule has 4 nitrogen and oxygen atoms in total. The van der Waals surface area contributed by atoms with E-state index in [2.05, 4.69) is 16.2 Å². The van der Waals surface area contributed by atoms with Crippen LogP contribution in [0.3, 0.4) is 0 Å². The molecule has 0 saturated carbocycles. The Morgan fingerprint density at radius 3 is 3.06 bits per heavy atom. The first-order chi connectivity index (χ1) is 7.65. The van der Waals surface area contributed by atoms with E-state index in [1.165, 1.54) is 11.3 Å². The Balaban J connectivity index is 2.44. The average molecular weight is 237 g/mol. The lowest BCUT2D eigenvalue weighted by Crippen LogP contribution is -2.35. The van der Waals surface area contributed by atoms with E-state index in [9.17, 15) is 4.79 Å². The van der Waals surface area contributed by atoms with Gasteiger partial charge in [-0.1, -0.05) is 6.92 Å². The van der Waals surface area contributed by atoms with Crippen molar-refractivity contribution in [3.63, 3.8) is 0 Å². The number of amides is 1. The minimum Gasteiger partial charge on any atom is -0.375 e. The number of nitrogens with two attached hydrogens (primary N) is 1. The Bertz CT molecular complexity index is 394. The number of hydrogen-bond donors (Lipinski definition) is 2. The van der Waals surface area contributed by atoms with Crippen LogP contribution < -0.4 is 11.1 Å². The van der Waals surface area contributed by atoms with E-state index >= 15 is 0 Å². The highest BCUT2D eigenvalue weighted by atomic mass is 32.1. The summed E-state index contributed by atoms with van der Waals surface area (Å²) in [7, 11) is 0. The van der Waals surface area contributed by atoms with E-state index in [1.54, 1.807) is 5.38 Å². The van der Waals surface area contributed by atoms with Crippen molar-refractivity contribution in [1.82, 2.24) is 10.3 Å². The van der Waals surface area contributed by atoms with Crippen molar-refractivity contribution in [2.24, 2.45) is 0 Å². The second kappa shape index (κ2) is 6.13. The molecular weight excluding hydrogens is 222 g/mol. The van der Waals surface area contributed by atoms with Crippen LogP contribution in [0, 0.1) is 12.3 Å². The van der Waals surface area contributed by atoms with Gasteiger partial charge in [0.05, 0.1) is 12.1 Å². The van der Waals surface area contributed by atoms with Gasteiger partial charge in [-0.25, -0.2) is 4.98 Å². The van der Waals surface area contributed by atoms with Crippen LogP contribution in [0.5, 0.6) is 0 Å². The summed E-state index contributed by atoms with van der Waals surface area (Å²) < 4.78 is 0. The number of rotatable bonds is 5. The highest BCUT2D eigenvalue weighted by Gasteiger charge is 2.11. The monoisotopic (exact) mass is 237 g/mol. The van der Waals surface area contributed by atoms with Crippen molar-refractivity contribution < 1.29 is 4.79 Å². The number of nitrogens with one attached hydrogen (secondary N) is 1. The Labute approximate surface area is 99.3 Å². The molecule has 1 aromatic rings. The highest BCUT2D eigenvalue weighted by Crippen LogP contribution is 2.11. The number of nitrogen functional groups attached to an aromatic ring is 1. The maximum atomic E-state index is 11.6. The normalized spacial score (nSPS) is 11.8. The molecule has 0 aromatic carbocycles. The van der Waals surface area contributed by atoms with Crippen molar-refractivity contribution in [2.75, 3.05) is 5.73 Å². The molecule has 0 aliphatic carbocycles. The van der Waals surface area contributed by atoms with Gasteiger partial charge in [-0.3, -0.25) is 4.79 Å². The van der Waals surface area contributed by atoms with E-state index in [-0.39, 0.29) is 18.4 Å². The fourth-order valence-electron chi connectivity index (χ4n) is 1.29. The van der Waals surface area contributed by atoms with Gasteiger partial charge in [0, 0.05) is 17.8 Å². The second-order valence-corrected chi connectivity index (χ2v) is 4.32. The number of aromatic nitrogens is 1. The summed E-state index contributed by atoms with van der Waals surface area (Å²) >= 11 is 1.34. The number of hydrogen-bond acceptors (Lipinski definition) is 4. The molecule has 1 atom stereocenters. The van der Waals surface area contributed by atoms with E-state index in [4.69, 9.17) is 12.2 Å². The van der Waals surface area contributed by atoms with Crippen LogP contribution in [0.1, 0.15) is 25.5 Å². The molecule has 5 heteroatoms. The summed E-state index contributed by atoms with van der Waals surface area (Å²) in [6.45, 7) is 1.99. The number of terminal acetylenes is 1. The SMILES string of the molecule is C#CCC(CC)NC(=O)Cc1csc(N)n1. The standard InChI is InChI=1S/C11H15N3OS/c1-3-5-8(4-2)13-10(15)6-9-7-16-11(12)14-9/h1,7-8H,4-6H2,2H3,(H2,12,14)(H,13,15). The zero-order chi connectivity index (χ0) is 12.0. The second-order valence-electron chi connectivity index (χ2n) is 3.43. The predicted molar refractivity (Wildman–Crippen MR) is 65.9 cm³/mol. The summed E-state index contributed by atoms with van der Waals surface area (Å²) in [4.78, 5) is 15.6. The smallest absolute Gasteiger partial charge is 0.226 e. The number of nitrogens with zero attached hydrogens (tertiary/aromatic N) is 1. The molecule has 0 aliphatic rings. The predicted octanol–water partition coefficient (Wildman–Crippen LogP) is 1.19. The number of thiazole rings is 1. The van der Waals surface area contributed by atoms with Gasteiger partial charge >= 0.3 is 0 Å². The minimum atomic E-state index is -0.0626. The Kier molecular flexibility index (Phi) is 4.80. The van der Waals surface area contributed by atoms with Crippen LogP contribution in [0.2, 0.25) is 0 Å². The van der Waals surface area contributed by atoms with Gasteiger partial charge in [0.2, 0.25) is 5.91 Å². The quantitative estimate of drug-likeness (QED) is 0.756. The minimum absolute atomic E-state index is 0.0495. The van der Waals surface area contributed by atoms with Crippen molar-refractivity contribution in [1.29, 1.82) is 0 Å². The Morgan fingerprint density at radius 1 is 1.81 bits per heavy atom. The van der Waals surface area contributed by atoms with Gasteiger partial charge < -0.3 is 11.1 Å². The van der Waals surface area contributed by atoms with Crippen LogP contribution in [0.15, 0.2) is 5.38 Å². The van der Waals surface area contributed by atoms with E-state index in [1.807, 2.05) is 6.92 Å². The van der Waals surface area contributed by atoms with Gasteiger partial charge in [0.1, 0.15) is 0 Å². The van der Waals surface area contributed by atoms with Gasteiger partial charge in [-0.05, 0) is 6.42 Å². The van der Waals surface area contributed by atoms with Gasteiger partial charge in [0.15, 0.2) is 5.13 Å². The van der Waals surface area contributed by atoms with Crippen LogP contribution in [-0.2, 0) is 11.2 Å². The van der Waals surface area contributed by atoms with Crippen molar-refractivity contribution in [2.45, 2.75) is 32.2 Å². The third kappa shape index (κ3) is 3.91. The van der Waals surface area contributed by atoms with Crippen LogP contribution in [0.25, 0.3) is 0 Å². The summed E-state index contributed by atoms with van der Waals surface area (Å²) in [5.41, 5.74) is 6.18. The summed E-state index contributed by atoms with van der Waals surface area (Å²) in [6.07, 6.45) is 6.85. The first kappa shape index (κ1) is 12.5. The van der Waals surface area contributed by atoms with E-state index < -0.39 is 0 Å². The molecule has 1 amide bonds. The number of carbonyl (C=O) groups excluding carboxylic acids is 1. The lowest BCUT2D eigenvalue weighted by molar-refractivity contribution is -0.121. The van der Waals surface area contributed by atoms with Gasteiger partial charge in [-0.15, -0.1) is 23.7 Å². The zero-order valence-electron chi connectivity index (χ0n) is 9.19. The zero-order valence-corrected chi connectivity index (χ0v) is 10.0. The molecule has 0 aliphatic heterocycles. The molecule has 0 fully saturated rings. The molecule has 3 N–H and O–H groups in total. The summed E-state index contributed by atoms with van der Waals surface area (Å²) in [6, 6.07) is 0.0495. The Morgan fingerprint density at radius 2 is 2.56 bits per heavy atom. The van der Waals surface area contributed by atoms with Crippen molar-refractivity contribution in [3.05, 3.63) is 11.1 Å². The van der Waals surface area contributed by atoms with Gasteiger partial charge in [0.25, 0.3) is 0 Å². The fraction of sp³-hybridized carbons (Fsp3) is 0.455. The Hall–Kier alpha value is -1.54. The molecule has 1 unspecified atom stereocenters. The molecule has 16 heavy (non-hydrogen) atoms. The molecule has 1 rings (SSSR count). The first-order valence-electron chi connectivity index (χ1n) is 5.08. The average Bonchev–Trinajstić information content (AvgIpc) is 2.63. The summed E-state index contributed by atoms with van der Waals surface area (Å²) in [5.74, 6) is 2.48. The lowest BCUT2D eigenvalue weighted by atomic mass is 10.1. The van der Waals surface area contributed by atoms with Crippen LogP contribution in [0.4, 0.5) is 5.13 Å². The molecule has 0 bridgehead atoms.